The van der Waals surface area contributed by atoms with E-state index < -0.39 is 36.4 Å². The van der Waals surface area contributed by atoms with Gasteiger partial charge in [-0.25, -0.2) is 14.1 Å². The second-order valence-electron chi connectivity index (χ2n) is 9.65. The molecule has 8 nitrogen and oxygen atoms in total. The van der Waals surface area contributed by atoms with Crippen molar-refractivity contribution in [2.24, 2.45) is 0 Å². The van der Waals surface area contributed by atoms with Crippen LogP contribution in [0.1, 0.15) is 50.4 Å². The zero-order valence-corrected chi connectivity index (χ0v) is 20.4. The topological polar surface area (TPSA) is 90.7 Å². The number of nitrogens with zero attached hydrogens (tertiary/aromatic N) is 3. The fourth-order valence-corrected chi connectivity index (χ4v) is 5.80. The smallest absolute Gasteiger partial charge is 0.183 e. The molecule has 3 fully saturated rings. The molecule has 2 aromatic heterocycles. The molecule has 0 radical (unpaired) electrons. The summed E-state index contributed by atoms with van der Waals surface area (Å²) >= 11 is 6.41. The minimum absolute atomic E-state index is 0.225. The average molecular weight is 513 g/mol. The highest BCUT2D eigenvalue weighted by Gasteiger charge is 2.65. The van der Waals surface area contributed by atoms with Gasteiger partial charge < -0.3 is 24.6 Å². The maximum absolute atomic E-state index is 14.4. The van der Waals surface area contributed by atoms with Gasteiger partial charge in [-0.05, 0) is 31.9 Å². The van der Waals surface area contributed by atoms with Crippen LogP contribution in [-0.4, -0.2) is 50.1 Å². The molecular formula is C26H26ClFN4O4. The van der Waals surface area contributed by atoms with Gasteiger partial charge in [0, 0.05) is 18.4 Å². The molecule has 10 heteroatoms. The Hall–Kier alpha value is -2.74. The molecular weight excluding hydrogens is 487 g/mol. The predicted octanol–water partition coefficient (Wildman–Crippen LogP) is 4.34. The maximum atomic E-state index is 14.4. The lowest BCUT2D eigenvalue weighted by Crippen LogP contribution is -2.45. The minimum Gasteiger partial charge on any atom is -0.392 e. The zero-order chi connectivity index (χ0) is 25.1. The summed E-state index contributed by atoms with van der Waals surface area (Å²) in [6.45, 7) is 1.43. The van der Waals surface area contributed by atoms with Crippen molar-refractivity contribution in [1.82, 2.24) is 14.8 Å². The number of fused-ring (bicyclic) bond motifs is 2. The van der Waals surface area contributed by atoms with Gasteiger partial charge in [-0.15, -0.1) is 6.42 Å². The number of anilines is 1. The Morgan fingerprint density at radius 1 is 1.31 bits per heavy atom. The van der Waals surface area contributed by atoms with Gasteiger partial charge in [0.25, 0.3) is 0 Å². The number of rotatable bonds is 5. The Morgan fingerprint density at radius 2 is 2.08 bits per heavy atom. The van der Waals surface area contributed by atoms with Crippen LogP contribution >= 0.6 is 11.6 Å². The lowest BCUT2D eigenvalue weighted by molar-refractivity contribution is -0.228. The third-order valence-electron chi connectivity index (χ3n) is 7.43. The van der Waals surface area contributed by atoms with Crippen molar-refractivity contribution in [3.05, 3.63) is 53.1 Å². The second-order valence-corrected chi connectivity index (χ2v) is 10.0. The Bertz CT molecular complexity index is 1350. The summed E-state index contributed by atoms with van der Waals surface area (Å²) in [7, 11) is 0. The molecule has 1 aliphatic carbocycles. The molecule has 2 aliphatic heterocycles. The van der Waals surface area contributed by atoms with E-state index in [0.29, 0.717) is 22.3 Å². The number of aromatic nitrogens is 3. The van der Waals surface area contributed by atoms with Crippen LogP contribution in [0.5, 0.6) is 0 Å². The molecule has 2 N–H and O–H groups in total. The molecule has 1 saturated carbocycles. The molecule has 3 aromatic rings. The van der Waals surface area contributed by atoms with E-state index in [1.165, 1.54) is 6.07 Å². The number of benzene rings is 1. The maximum Gasteiger partial charge on any atom is 0.183 e. The molecule has 2 saturated heterocycles. The van der Waals surface area contributed by atoms with E-state index in [-0.39, 0.29) is 17.0 Å². The number of aliphatic hydroxyl groups excluding tert-OH is 1. The molecule has 1 spiro atoms. The molecule has 3 aliphatic rings. The zero-order valence-electron chi connectivity index (χ0n) is 19.7. The highest BCUT2D eigenvalue weighted by molar-refractivity contribution is 6.30. The third-order valence-corrected chi connectivity index (χ3v) is 7.62. The van der Waals surface area contributed by atoms with Crippen LogP contribution in [0.15, 0.2) is 36.5 Å². The normalized spacial score (nSPS) is 29.5. The van der Waals surface area contributed by atoms with Crippen molar-refractivity contribution >= 4 is 28.3 Å². The summed E-state index contributed by atoms with van der Waals surface area (Å²) in [5.74, 6) is 1.57. The summed E-state index contributed by atoms with van der Waals surface area (Å²) in [6.07, 6.45) is 8.93. The Morgan fingerprint density at radius 3 is 2.81 bits per heavy atom. The summed E-state index contributed by atoms with van der Waals surface area (Å²) < 4.78 is 34.9. The highest BCUT2D eigenvalue weighted by atomic mass is 35.5. The fraction of sp³-hybridized carbons (Fsp3) is 0.462. The number of aliphatic hydroxyl groups is 1. The van der Waals surface area contributed by atoms with Crippen LogP contribution in [-0.2, 0) is 14.2 Å². The second kappa shape index (κ2) is 8.68. The van der Waals surface area contributed by atoms with Crippen molar-refractivity contribution < 1.29 is 23.7 Å². The quantitative estimate of drug-likeness (QED) is 0.388. The first kappa shape index (κ1) is 23.6. The van der Waals surface area contributed by atoms with E-state index in [1.54, 1.807) is 35.1 Å². The van der Waals surface area contributed by atoms with Crippen molar-refractivity contribution in [3.8, 4) is 12.3 Å². The average Bonchev–Trinajstić information content (AvgIpc) is 3.64. The molecule has 6 rings (SSSR count). The summed E-state index contributed by atoms with van der Waals surface area (Å²) in [4.78, 5) is 4.50. The summed E-state index contributed by atoms with van der Waals surface area (Å²) in [6, 6.07) is 7.92. The van der Waals surface area contributed by atoms with Crippen LogP contribution in [0.4, 0.5) is 10.1 Å². The molecule has 188 valence electrons. The van der Waals surface area contributed by atoms with Gasteiger partial charge in [0.1, 0.15) is 23.2 Å². The fourth-order valence-electron chi connectivity index (χ4n) is 5.61. The van der Waals surface area contributed by atoms with E-state index >= 15 is 0 Å². The molecule has 1 aromatic carbocycles. The van der Waals surface area contributed by atoms with Crippen molar-refractivity contribution in [2.45, 2.75) is 68.5 Å². The van der Waals surface area contributed by atoms with E-state index in [9.17, 15) is 9.50 Å². The van der Waals surface area contributed by atoms with Crippen LogP contribution in [0.3, 0.4) is 0 Å². The lowest BCUT2D eigenvalue weighted by atomic mass is 9.97. The number of halogens is 2. The van der Waals surface area contributed by atoms with Gasteiger partial charge >= 0.3 is 0 Å². The number of nitrogens with one attached hydrogen (secondary N) is 1. The van der Waals surface area contributed by atoms with E-state index in [4.69, 9.17) is 32.2 Å². The van der Waals surface area contributed by atoms with E-state index in [0.717, 1.165) is 25.7 Å². The number of pyridine rings is 1. The van der Waals surface area contributed by atoms with E-state index in [1.807, 2.05) is 6.92 Å². The SMILES string of the molecule is C#C[C@]1(CO)OC(n2ncc3c(N[C@@H](C)c4ccccc4F)cc(Cl)nc32)[C@@H]2OC3(CCCC3)O[C@@H]21. The molecule has 1 unspecified atom stereocenters. The number of ether oxygens (including phenoxy) is 3. The van der Waals surface area contributed by atoms with Gasteiger partial charge in [0.2, 0.25) is 0 Å². The van der Waals surface area contributed by atoms with Crippen LogP contribution < -0.4 is 5.32 Å². The number of hydrogen-bond donors (Lipinski definition) is 2. The monoisotopic (exact) mass is 512 g/mol. The first-order valence-corrected chi connectivity index (χ1v) is 12.4. The minimum atomic E-state index is -1.38. The highest BCUT2D eigenvalue weighted by Crippen LogP contribution is 2.52. The molecule has 0 bridgehead atoms. The van der Waals surface area contributed by atoms with Crippen molar-refractivity contribution in [2.75, 3.05) is 11.9 Å². The first-order valence-electron chi connectivity index (χ1n) is 12.1. The third kappa shape index (κ3) is 3.59. The van der Waals surface area contributed by atoms with Crippen LogP contribution in [0, 0.1) is 18.2 Å². The van der Waals surface area contributed by atoms with Gasteiger partial charge in [-0.1, -0.05) is 35.7 Å². The van der Waals surface area contributed by atoms with E-state index in [2.05, 4.69) is 21.3 Å². The standard InChI is InChI=1S/C26H26ClFN4O4/c1-3-25(14-33)22-21(34-26(35-22)10-6-7-11-26)24(36-25)32-23-17(13-29-32)19(12-20(27)31-23)30-15(2)16-8-4-5-9-18(16)28/h1,4-5,8-9,12-13,15,21-22,24,33H,6-7,10-11,14H2,2H3,(H,30,31)/t15-,21+,22-,24?,25+/m0/s1. The molecule has 5 atom stereocenters. The summed E-state index contributed by atoms with van der Waals surface area (Å²) in [5, 5.41) is 19.0. The number of hydrogen-bond acceptors (Lipinski definition) is 7. The van der Waals surface area contributed by atoms with Gasteiger partial charge in [0.15, 0.2) is 23.3 Å². The Kier molecular flexibility index (Phi) is 5.70. The number of terminal acetylenes is 1. The van der Waals surface area contributed by atoms with Crippen LogP contribution in [0.2, 0.25) is 5.15 Å². The first-order chi connectivity index (χ1) is 17.4. The molecule has 36 heavy (non-hydrogen) atoms. The van der Waals surface area contributed by atoms with Crippen molar-refractivity contribution in [3.63, 3.8) is 0 Å². The van der Waals surface area contributed by atoms with Crippen LogP contribution in [0.25, 0.3) is 11.0 Å². The largest absolute Gasteiger partial charge is 0.392 e. The molecule has 4 heterocycles. The Balaban J connectivity index is 1.38. The van der Waals surface area contributed by atoms with Gasteiger partial charge in [0.05, 0.1) is 29.9 Å². The Labute approximate surface area is 212 Å². The van der Waals surface area contributed by atoms with Gasteiger partial charge in [-0.3, -0.25) is 0 Å². The van der Waals surface area contributed by atoms with Crippen molar-refractivity contribution in [1.29, 1.82) is 0 Å². The summed E-state index contributed by atoms with van der Waals surface area (Å²) in [5.41, 5.74) is 0.227. The van der Waals surface area contributed by atoms with Gasteiger partial charge in [-0.2, -0.15) is 5.10 Å². The molecule has 0 amide bonds. The predicted molar refractivity (Wildman–Crippen MR) is 131 cm³/mol. The lowest BCUT2D eigenvalue weighted by Gasteiger charge is -2.30.